The Labute approximate surface area is 63.2 Å². The average molecular weight is 157 g/mol. The number of terminal acetylenes is 1. The van der Waals surface area contributed by atoms with Crippen LogP contribution in [0, 0.1) is 22.5 Å². The zero-order valence-corrected chi connectivity index (χ0v) is 5.69. The van der Waals surface area contributed by atoms with E-state index in [0.29, 0.717) is 0 Å². The minimum Gasteiger partial charge on any atom is -0.476 e. The first-order chi connectivity index (χ1) is 5.09. The molecule has 0 aromatic rings. The van der Waals surface area contributed by atoms with E-state index in [4.69, 9.17) is 11.5 Å². The second-order valence-corrected chi connectivity index (χ2v) is 1.88. The number of nitro groups is 1. The van der Waals surface area contributed by atoms with E-state index in [1.165, 1.54) is 0 Å². The first-order valence-corrected chi connectivity index (χ1v) is 2.89. The highest BCUT2D eigenvalue weighted by atomic mass is 16.6. The molecule has 0 aliphatic carbocycles. The Hall–Kier alpha value is -1.57. The second kappa shape index (κ2) is 4.28. The molecule has 0 bridgehead atoms. The number of aliphatic carboxylic acids is 1. The molecule has 0 radical (unpaired) electrons. The topological polar surface area (TPSA) is 80.4 Å². The lowest BCUT2D eigenvalue weighted by Gasteiger charge is -2.00. The van der Waals surface area contributed by atoms with Crippen molar-refractivity contribution in [3.63, 3.8) is 0 Å². The van der Waals surface area contributed by atoms with E-state index in [9.17, 15) is 14.9 Å². The van der Waals surface area contributed by atoms with Crippen LogP contribution in [-0.2, 0) is 4.79 Å². The van der Waals surface area contributed by atoms with E-state index in [-0.39, 0.29) is 12.8 Å². The Kier molecular flexibility index (Phi) is 3.67. The normalized spacial score (nSPS) is 11.5. The third-order valence-electron chi connectivity index (χ3n) is 1.10. The summed E-state index contributed by atoms with van der Waals surface area (Å²) < 4.78 is 0. The van der Waals surface area contributed by atoms with Crippen LogP contribution in [0.4, 0.5) is 0 Å². The van der Waals surface area contributed by atoms with Gasteiger partial charge in [-0.2, -0.15) is 0 Å². The van der Waals surface area contributed by atoms with E-state index in [1.807, 2.05) is 0 Å². The van der Waals surface area contributed by atoms with Crippen LogP contribution >= 0.6 is 0 Å². The lowest BCUT2D eigenvalue weighted by atomic mass is 10.2. The summed E-state index contributed by atoms with van der Waals surface area (Å²) in [6.07, 6.45) is 4.81. The van der Waals surface area contributed by atoms with Crippen LogP contribution in [0.1, 0.15) is 12.8 Å². The Morgan fingerprint density at radius 3 is 2.64 bits per heavy atom. The fraction of sp³-hybridized carbons (Fsp3) is 0.500. The predicted molar refractivity (Wildman–Crippen MR) is 36.5 cm³/mol. The molecular formula is C6H7NO4. The van der Waals surface area contributed by atoms with Crippen LogP contribution < -0.4 is 0 Å². The number of nitrogens with zero attached hydrogens (tertiary/aromatic N) is 1. The lowest BCUT2D eigenvalue weighted by Crippen LogP contribution is -2.28. The first kappa shape index (κ1) is 9.43. The third-order valence-corrected chi connectivity index (χ3v) is 1.10. The molecule has 1 N–H and O–H groups in total. The summed E-state index contributed by atoms with van der Waals surface area (Å²) in [5, 5.41) is 18.3. The van der Waals surface area contributed by atoms with Gasteiger partial charge in [-0.05, 0) is 0 Å². The molecule has 11 heavy (non-hydrogen) atoms. The van der Waals surface area contributed by atoms with Crippen molar-refractivity contribution in [2.24, 2.45) is 0 Å². The molecule has 60 valence electrons. The highest BCUT2D eigenvalue weighted by Crippen LogP contribution is 2.00. The van der Waals surface area contributed by atoms with E-state index in [1.54, 1.807) is 0 Å². The quantitative estimate of drug-likeness (QED) is 0.357. The molecule has 5 nitrogen and oxygen atoms in total. The van der Waals surface area contributed by atoms with Crippen LogP contribution in [0.5, 0.6) is 0 Å². The molecule has 0 aliphatic rings. The monoisotopic (exact) mass is 157 g/mol. The molecule has 0 amide bonds. The number of hydrogen-bond acceptors (Lipinski definition) is 3. The van der Waals surface area contributed by atoms with Crippen molar-refractivity contribution in [2.75, 3.05) is 0 Å². The zero-order chi connectivity index (χ0) is 8.85. The van der Waals surface area contributed by atoms with Crippen molar-refractivity contribution in [3.8, 4) is 12.3 Å². The number of carbonyl (C=O) groups is 1. The zero-order valence-electron chi connectivity index (χ0n) is 5.69. The summed E-state index contributed by atoms with van der Waals surface area (Å²) in [6.45, 7) is 0. The molecule has 0 spiro atoms. The summed E-state index contributed by atoms with van der Waals surface area (Å²) in [5.74, 6) is 0.701. The third kappa shape index (κ3) is 3.20. The molecule has 0 saturated heterocycles. The minimum absolute atomic E-state index is 0.109. The van der Waals surface area contributed by atoms with Crippen molar-refractivity contribution in [2.45, 2.75) is 18.9 Å². The molecule has 0 saturated carbocycles. The van der Waals surface area contributed by atoms with E-state index < -0.39 is 16.9 Å². The SMILES string of the molecule is C#CCCC(C(=O)O)[N+](=O)[O-]. The van der Waals surface area contributed by atoms with Crippen LogP contribution in [-0.4, -0.2) is 22.0 Å². The van der Waals surface area contributed by atoms with Gasteiger partial charge in [-0.3, -0.25) is 10.1 Å². The molecule has 1 unspecified atom stereocenters. The van der Waals surface area contributed by atoms with Crippen molar-refractivity contribution < 1.29 is 14.8 Å². The number of hydrogen-bond donors (Lipinski definition) is 1. The van der Waals surface area contributed by atoms with Crippen LogP contribution in [0.15, 0.2) is 0 Å². The van der Waals surface area contributed by atoms with Crippen LogP contribution in [0.3, 0.4) is 0 Å². The van der Waals surface area contributed by atoms with E-state index >= 15 is 0 Å². The molecule has 0 aromatic carbocycles. The van der Waals surface area contributed by atoms with Crippen molar-refractivity contribution in [1.82, 2.24) is 0 Å². The summed E-state index contributed by atoms with van der Waals surface area (Å²) >= 11 is 0. The molecule has 0 rings (SSSR count). The van der Waals surface area contributed by atoms with Gasteiger partial charge in [0, 0.05) is 17.8 Å². The fourth-order valence-corrected chi connectivity index (χ4v) is 0.539. The van der Waals surface area contributed by atoms with Crippen molar-refractivity contribution >= 4 is 5.97 Å². The molecular weight excluding hydrogens is 150 g/mol. The summed E-state index contributed by atoms with van der Waals surface area (Å²) in [5.41, 5.74) is 0. The smallest absolute Gasteiger partial charge is 0.379 e. The van der Waals surface area contributed by atoms with E-state index in [0.717, 1.165) is 0 Å². The largest absolute Gasteiger partial charge is 0.476 e. The van der Waals surface area contributed by atoms with Gasteiger partial charge in [-0.1, -0.05) is 0 Å². The molecule has 0 aromatic heterocycles. The van der Waals surface area contributed by atoms with Gasteiger partial charge >= 0.3 is 12.0 Å². The molecule has 0 aliphatic heterocycles. The minimum atomic E-state index is -1.56. The summed E-state index contributed by atoms with van der Waals surface area (Å²) in [4.78, 5) is 19.3. The van der Waals surface area contributed by atoms with Gasteiger partial charge < -0.3 is 5.11 Å². The standard InChI is InChI=1S/C6H7NO4/c1-2-3-4-5(6(8)9)7(10)11/h1,5H,3-4H2,(H,8,9). The van der Waals surface area contributed by atoms with Gasteiger partial charge in [0.25, 0.3) is 0 Å². The summed E-state index contributed by atoms with van der Waals surface area (Å²) in [6, 6.07) is -1.56. The molecule has 0 fully saturated rings. The Morgan fingerprint density at radius 1 is 1.82 bits per heavy atom. The Morgan fingerprint density at radius 2 is 2.36 bits per heavy atom. The Bertz CT molecular complexity index is 191. The Balaban J connectivity index is 4.03. The van der Waals surface area contributed by atoms with E-state index in [2.05, 4.69) is 5.92 Å². The van der Waals surface area contributed by atoms with Gasteiger partial charge in [-0.25, -0.2) is 4.79 Å². The van der Waals surface area contributed by atoms with Crippen LogP contribution in [0.25, 0.3) is 0 Å². The maximum atomic E-state index is 10.1. The van der Waals surface area contributed by atoms with Gasteiger partial charge in [0.05, 0.1) is 0 Å². The molecule has 1 atom stereocenters. The highest BCUT2D eigenvalue weighted by Gasteiger charge is 2.27. The predicted octanol–water partition coefficient (Wildman–Crippen LogP) is 0.130. The maximum absolute atomic E-state index is 10.1. The number of rotatable bonds is 4. The van der Waals surface area contributed by atoms with Gasteiger partial charge in [-0.15, -0.1) is 12.3 Å². The lowest BCUT2D eigenvalue weighted by molar-refractivity contribution is -0.510. The second-order valence-electron chi connectivity index (χ2n) is 1.88. The van der Waals surface area contributed by atoms with Gasteiger partial charge in [0.2, 0.25) is 0 Å². The molecule has 0 heterocycles. The number of carboxylic acids is 1. The van der Waals surface area contributed by atoms with Gasteiger partial charge in [0.1, 0.15) is 0 Å². The van der Waals surface area contributed by atoms with Crippen LogP contribution in [0.2, 0.25) is 0 Å². The first-order valence-electron chi connectivity index (χ1n) is 2.89. The average Bonchev–Trinajstić information content (AvgIpc) is 1.87. The fourth-order valence-electron chi connectivity index (χ4n) is 0.539. The highest BCUT2D eigenvalue weighted by molar-refractivity contribution is 5.71. The summed E-state index contributed by atoms with van der Waals surface area (Å²) in [7, 11) is 0. The molecule has 5 heteroatoms. The maximum Gasteiger partial charge on any atom is 0.379 e. The van der Waals surface area contributed by atoms with Gasteiger partial charge in [0.15, 0.2) is 0 Å². The van der Waals surface area contributed by atoms with Crippen molar-refractivity contribution in [3.05, 3.63) is 10.1 Å². The number of carboxylic acid groups (broad SMARTS) is 1. The van der Waals surface area contributed by atoms with Crippen molar-refractivity contribution in [1.29, 1.82) is 0 Å².